The lowest BCUT2D eigenvalue weighted by Gasteiger charge is -2.35. The minimum atomic E-state index is -0.446. The number of carbonyl (C=O) groups excluding carboxylic acids is 1. The summed E-state index contributed by atoms with van der Waals surface area (Å²) in [6.45, 7) is 4.27. The summed E-state index contributed by atoms with van der Waals surface area (Å²) in [5.74, 6) is 1.77. The number of carbonyl (C=O) groups is 1. The van der Waals surface area contributed by atoms with Crippen LogP contribution in [0.25, 0.3) is 5.82 Å². The minimum absolute atomic E-state index is 0.0318. The van der Waals surface area contributed by atoms with E-state index >= 15 is 0 Å². The third kappa shape index (κ3) is 4.24. The normalized spacial score (nSPS) is 14.3. The molecule has 1 aromatic carbocycles. The summed E-state index contributed by atoms with van der Waals surface area (Å²) in [7, 11) is 0. The Labute approximate surface area is 173 Å². The van der Waals surface area contributed by atoms with Gasteiger partial charge in [-0.1, -0.05) is 17.7 Å². The number of piperazine rings is 1. The number of hydrogen-bond donors (Lipinski definition) is 0. The Hall–Kier alpha value is -2.93. The van der Waals surface area contributed by atoms with Crippen LogP contribution in [0.15, 0.2) is 48.8 Å². The van der Waals surface area contributed by atoms with Gasteiger partial charge in [0.05, 0.1) is 6.42 Å². The third-order valence-corrected chi connectivity index (χ3v) is 5.38. The number of halogens is 2. The zero-order valence-electron chi connectivity index (χ0n) is 16.1. The van der Waals surface area contributed by atoms with Crippen LogP contribution in [0.5, 0.6) is 0 Å². The summed E-state index contributed by atoms with van der Waals surface area (Å²) in [4.78, 5) is 25.6. The molecule has 29 heavy (non-hydrogen) atoms. The van der Waals surface area contributed by atoms with E-state index in [4.69, 9.17) is 11.6 Å². The number of amides is 1. The number of rotatable bonds is 4. The Kier molecular flexibility index (Phi) is 5.49. The number of hydrogen-bond acceptors (Lipinski definition) is 4. The van der Waals surface area contributed by atoms with Crippen molar-refractivity contribution in [1.29, 1.82) is 0 Å². The monoisotopic (exact) mass is 413 g/mol. The van der Waals surface area contributed by atoms with Crippen LogP contribution in [0.3, 0.4) is 0 Å². The van der Waals surface area contributed by atoms with Crippen molar-refractivity contribution >= 4 is 23.3 Å². The van der Waals surface area contributed by atoms with Crippen LogP contribution in [0, 0.1) is 12.7 Å². The van der Waals surface area contributed by atoms with Crippen LogP contribution >= 0.6 is 11.6 Å². The maximum absolute atomic E-state index is 14.0. The van der Waals surface area contributed by atoms with Gasteiger partial charge in [-0.3, -0.25) is 4.79 Å². The van der Waals surface area contributed by atoms with Crippen molar-refractivity contribution in [1.82, 2.24) is 19.4 Å². The highest BCUT2D eigenvalue weighted by molar-refractivity contribution is 6.31. The van der Waals surface area contributed by atoms with Crippen LogP contribution in [-0.4, -0.2) is 51.5 Å². The molecule has 8 heteroatoms. The molecule has 0 spiro atoms. The number of aryl methyl sites for hydroxylation is 1. The molecule has 0 bridgehead atoms. The number of anilines is 1. The van der Waals surface area contributed by atoms with Crippen molar-refractivity contribution < 1.29 is 9.18 Å². The predicted octanol–water partition coefficient (Wildman–Crippen LogP) is 3.26. The highest BCUT2D eigenvalue weighted by atomic mass is 35.5. The second-order valence-corrected chi connectivity index (χ2v) is 7.37. The maximum atomic E-state index is 14.0. The van der Waals surface area contributed by atoms with E-state index in [9.17, 15) is 9.18 Å². The van der Waals surface area contributed by atoms with Gasteiger partial charge >= 0.3 is 0 Å². The van der Waals surface area contributed by atoms with E-state index in [1.165, 1.54) is 12.1 Å². The van der Waals surface area contributed by atoms with Crippen molar-refractivity contribution in [2.75, 3.05) is 31.1 Å². The zero-order chi connectivity index (χ0) is 20.4. The first-order chi connectivity index (χ1) is 14.0. The number of nitrogens with zero attached hydrogens (tertiary/aromatic N) is 5. The third-order valence-electron chi connectivity index (χ3n) is 5.03. The Morgan fingerprint density at radius 1 is 1.07 bits per heavy atom. The topological polar surface area (TPSA) is 54.3 Å². The fraction of sp³-hybridized carbons (Fsp3) is 0.286. The van der Waals surface area contributed by atoms with Gasteiger partial charge in [-0.2, -0.15) is 0 Å². The molecule has 1 aliphatic heterocycles. The van der Waals surface area contributed by atoms with Crippen molar-refractivity contribution in [3.8, 4) is 5.82 Å². The van der Waals surface area contributed by atoms with Crippen LogP contribution < -0.4 is 4.90 Å². The molecule has 1 amide bonds. The molecule has 0 radical (unpaired) electrons. The molecular formula is C21H21ClFN5O. The van der Waals surface area contributed by atoms with Crippen molar-refractivity contribution in [2.45, 2.75) is 13.3 Å². The standard InChI is InChI=1S/C21H21ClFN5O/c1-15-24-19(26-7-2-3-8-26)14-20(25-15)27-9-11-28(12-10-27)21(29)13-16-17(22)5-4-6-18(16)23/h2-8,14H,9-13H2,1H3. The zero-order valence-corrected chi connectivity index (χ0v) is 16.8. The first-order valence-electron chi connectivity index (χ1n) is 9.46. The number of benzene rings is 1. The summed E-state index contributed by atoms with van der Waals surface area (Å²) < 4.78 is 15.9. The average Bonchev–Trinajstić information content (AvgIpc) is 3.25. The Morgan fingerprint density at radius 2 is 1.76 bits per heavy atom. The molecular weight excluding hydrogens is 393 g/mol. The van der Waals surface area contributed by atoms with Gasteiger partial charge in [0.2, 0.25) is 5.91 Å². The van der Waals surface area contributed by atoms with Gasteiger partial charge in [-0.15, -0.1) is 0 Å². The molecule has 4 rings (SSSR count). The van der Waals surface area contributed by atoms with Crippen LogP contribution in [0.2, 0.25) is 5.02 Å². The smallest absolute Gasteiger partial charge is 0.227 e. The maximum Gasteiger partial charge on any atom is 0.227 e. The van der Waals surface area contributed by atoms with E-state index < -0.39 is 5.82 Å². The summed E-state index contributed by atoms with van der Waals surface area (Å²) in [6, 6.07) is 10.3. The lowest BCUT2D eigenvalue weighted by atomic mass is 10.1. The minimum Gasteiger partial charge on any atom is -0.353 e. The van der Waals surface area contributed by atoms with Gasteiger partial charge in [-0.05, 0) is 31.2 Å². The molecule has 150 valence electrons. The van der Waals surface area contributed by atoms with Crippen molar-refractivity contribution in [3.05, 3.63) is 71.0 Å². The highest BCUT2D eigenvalue weighted by Gasteiger charge is 2.24. The second-order valence-electron chi connectivity index (χ2n) is 6.97. The molecule has 1 saturated heterocycles. The second kappa shape index (κ2) is 8.21. The summed E-state index contributed by atoms with van der Waals surface area (Å²) >= 11 is 6.05. The van der Waals surface area contributed by atoms with Crippen LogP contribution in [-0.2, 0) is 11.2 Å². The van der Waals surface area contributed by atoms with Crippen LogP contribution in [0.1, 0.15) is 11.4 Å². The molecule has 1 aliphatic rings. The van der Waals surface area contributed by atoms with E-state index in [-0.39, 0.29) is 22.9 Å². The van der Waals surface area contributed by atoms with Gasteiger partial charge in [-0.25, -0.2) is 14.4 Å². The molecule has 3 heterocycles. The SMILES string of the molecule is Cc1nc(N2CCN(C(=O)Cc3c(F)cccc3Cl)CC2)cc(-n2cccc2)n1. The Balaban J connectivity index is 1.43. The molecule has 2 aromatic heterocycles. The molecule has 6 nitrogen and oxygen atoms in total. The first kappa shape index (κ1) is 19.4. The van der Waals surface area contributed by atoms with Crippen molar-refractivity contribution in [3.63, 3.8) is 0 Å². The summed E-state index contributed by atoms with van der Waals surface area (Å²) in [5, 5.41) is 0.283. The molecule has 0 unspecified atom stereocenters. The fourth-order valence-corrected chi connectivity index (χ4v) is 3.70. The molecule has 1 fully saturated rings. The lowest BCUT2D eigenvalue weighted by Crippen LogP contribution is -2.49. The number of aromatic nitrogens is 3. The van der Waals surface area contributed by atoms with E-state index in [0.29, 0.717) is 32.0 Å². The van der Waals surface area contributed by atoms with Gasteiger partial charge in [0, 0.05) is 55.2 Å². The van der Waals surface area contributed by atoms with Gasteiger partial charge < -0.3 is 14.4 Å². The van der Waals surface area contributed by atoms with E-state index in [1.54, 1.807) is 11.0 Å². The van der Waals surface area contributed by atoms with E-state index in [2.05, 4.69) is 14.9 Å². The molecule has 3 aromatic rings. The lowest BCUT2D eigenvalue weighted by molar-refractivity contribution is -0.130. The van der Waals surface area contributed by atoms with E-state index in [0.717, 1.165) is 11.6 Å². The summed E-state index contributed by atoms with van der Waals surface area (Å²) in [6.07, 6.45) is 3.85. The molecule has 0 saturated carbocycles. The largest absolute Gasteiger partial charge is 0.353 e. The molecule has 0 N–H and O–H groups in total. The van der Waals surface area contributed by atoms with Gasteiger partial charge in [0.25, 0.3) is 0 Å². The molecule has 0 aliphatic carbocycles. The van der Waals surface area contributed by atoms with Crippen molar-refractivity contribution in [2.24, 2.45) is 0 Å². The first-order valence-corrected chi connectivity index (χ1v) is 9.84. The summed E-state index contributed by atoms with van der Waals surface area (Å²) in [5.41, 5.74) is 0.254. The Bertz CT molecular complexity index is 996. The Morgan fingerprint density at radius 3 is 2.45 bits per heavy atom. The van der Waals surface area contributed by atoms with Gasteiger partial charge in [0.1, 0.15) is 23.3 Å². The fourth-order valence-electron chi connectivity index (χ4n) is 3.47. The van der Waals surface area contributed by atoms with Gasteiger partial charge in [0.15, 0.2) is 0 Å². The van der Waals surface area contributed by atoms with Crippen LogP contribution in [0.4, 0.5) is 10.2 Å². The van der Waals surface area contributed by atoms with E-state index in [1.807, 2.05) is 42.1 Å². The quantitative estimate of drug-likeness (QED) is 0.658. The molecule has 0 atom stereocenters. The highest BCUT2D eigenvalue weighted by Crippen LogP contribution is 2.21. The average molecular weight is 414 g/mol. The predicted molar refractivity (Wildman–Crippen MR) is 110 cm³/mol.